The molecule has 1 saturated heterocycles. The summed E-state index contributed by atoms with van der Waals surface area (Å²) in [5.74, 6) is 3.17. The molecule has 1 atom stereocenters. The largest absolute Gasteiger partial charge is 0.495 e. The van der Waals surface area contributed by atoms with E-state index in [1.807, 2.05) is 31.2 Å². The van der Waals surface area contributed by atoms with Crippen molar-refractivity contribution in [1.29, 1.82) is 0 Å². The maximum Gasteiger partial charge on any atom is 0.239 e. The lowest BCUT2D eigenvalue weighted by Gasteiger charge is -2.28. The number of para-hydroxylation sites is 2. The number of ether oxygens (including phenoxy) is 1. The van der Waals surface area contributed by atoms with Crippen molar-refractivity contribution < 1.29 is 9.26 Å². The van der Waals surface area contributed by atoms with Crippen LogP contribution in [0.4, 0.5) is 5.95 Å². The summed E-state index contributed by atoms with van der Waals surface area (Å²) in [7, 11) is 1.69. The molecule has 0 amide bonds. The Kier molecular flexibility index (Phi) is 6.26. The van der Waals surface area contributed by atoms with E-state index in [0.717, 1.165) is 54.3 Å². The number of aromatic nitrogens is 5. The second-order valence-corrected chi connectivity index (χ2v) is 9.05. The van der Waals surface area contributed by atoms with Crippen molar-refractivity contribution in [3.8, 4) is 11.4 Å². The van der Waals surface area contributed by atoms with E-state index in [0.29, 0.717) is 5.89 Å². The highest BCUT2D eigenvalue weighted by molar-refractivity contribution is 7.99. The van der Waals surface area contributed by atoms with Crippen molar-refractivity contribution in [2.75, 3.05) is 25.1 Å². The number of nitrogens with zero attached hydrogens (tertiary/aromatic N) is 6. The molecular weight excluding hydrogens is 400 g/mol. The first-order valence-electron chi connectivity index (χ1n) is 10.4. The van der Waals surface area contributed by atoms with E-state index in [1.54, 1.807) is 18.9 Å². The van der Waals surface area contributed by atoms with Crippen molar-refractivity contribution in [2.24, 2.45) is 0 Å². The Morgan fingerprint density at radius 2 is 1.83 bits per heavy atom. The first kappa shape index (κ1) is 20.7. The van der Waals surface area contributed by atoms with Crippen molar-refractivity contribution in [2.45, 2.75) is 56.4 Å². The Bertz CT molecular complexity index is 980. The second-order valence-electron chi connectivity index (χ2n) is 7.74. The summed E-state index contributed by atoms with van der Waals surface area (Å²) in [6.45, 7) is 8.11. The summed E-state index contributed by atoms with van der Waals surface area (Å²) in [5.41, 5.74) is 0.925. The molecule has 0 N–H and O–H groups in total. The van der Waals surface area contributed by atoms with E-state index in [9.17, 15) is 0 Å². The van der Waals surface area contributed by atoms with Gasteiger partial charge in [-0.25, -0.2) is 0 Å². The lowest BCUT2D eigenvalue weighted by molar-refractivity contribution is 0.373. The summed E-state index contributed by atoms with van der Waals surface area (Å²) < 4.78 is 13.2. The van der Waals surface area contributed by atoms with Crippen LogP contribution in [-0.2, 0) is 0 Å². The molecule has 3 aromatic rings. The molecule has 0 spiro atoms. The Balaban J connectivity index is 1.71. The quantitative estimate of drug-likeness (QED) is 0.504. The Labute approximate surface area is 181 Å². The van der Waals surface area contributed by atoms with Gasteiger partial charge in [0.25, 0.3) is 0 Å². The van der Waals surface area contributed by atoms with Crippen LogP contribution in [0.15, 0.2) is 33.9 Å². The highest BCUT2D eigenvalue weighted by Crippen LogP contribution is 2.38. The van der Waals surface area contributed by atoms with E-state index in [1.165, 1.54) is 6.42 Å². The number of benzene rings is 1. The van der Waals surface area contributed by atoms with Gasteiger partial charge in [-0.1, -0.05) is 42.9 Å². The zero-order valence-corrected chi connectivity index (χ0v) is 18.7. The molecule has 9 heteroatoms. The molecule has 0 aliphatic carbocycles. The van der Waals surface area contributed by atoms with Crippen LogP contribution >= 0.6 is 11.8 Å². The Morgan fingerprint density at radius 1 is 1.07 bits per heavy atom. The lowest BCUT2D eigenvalue weighted by Crippen LogP contribution is -2.31. The third kappa shape index (κ3) is 4.16. The summed E-state index contributed by atoms with van der Waals surface area (Å²) in [4.78, 5) is 6.85. The van der Waals surface area contributed by atoms with Crippen molar-refractivity contribution >= 4 is 17.7 Å². The molecule has 0 radical (unpaired) electrons. The van der Waals surface area contributed by atoms with Crippen LogP contribution in [0.3, 0.4) is 0 Å². The SMILES string of the molecule is COc1ccccc1-n1c(S[C@@H](C)c2nc(C(C)C)no2)nnc1N1CCCCC1. The zero-order valence-electron chi connectivity index (χ0n) is 17.9. The van der Waals surface area contributed by atoms with Crippen molar-refractivity contribution in [1.82, 2.24) is 24.9 Å². The summed E-state index contributed by atoms with van der Waals surface area (Å²) in [6.07, 6.45) is 3.59. The molecule has 0 bridgehead atoms. The number of methoxy groups -OCH3 is 1. The number of piperidine rings is 1. The monoisotopic (exact) mass is 428 g/mol. The Morgan fingerprint density at radius 3 is 2.53 bits per heavy atom. The van der Waals surface area contributed by atoms with E-state index in [2.05, 4.69) is 43.7 Å². The van der Waals surface area contributed by atoms with E-state index in [4.69, 9.17) is 9.26 Å². The normalized spacial score (nSPS) is 15.6. The smallest absolute Gasteiger partial charge is 0.239 e. The van der Waals surface area contributed by atoms with E-state index in [-0.39, 0.29) is 11.2 Å². The van der Waals surface area contributed by atoms with Crippen LogP contribution in [0.2, 0.25) is 0 Å². The number of hydrogen-bond acceptors (Lipinski definition) is 8. The molecule has 30 heavy (non-hydrogen) atoms. The average molecular weight is 429 g/mol. The minimum atomic E-state index is -0.0585. The molecule has 3 heterocycles. The predicted molar refractivity (Wildman–Crippen MR) is 117 cm³/mol. The van der Waals surface area contributed by atoms with Crippen LogP contribution in [0.5, 0.6) is 5.75 Å². The van der Waals surface area contributed by atoms with Gasteiger partial charge < -0.3 is 14.2 Å². The highest BCUT2D eigenvalue weighted by Gasteiger charge is 2.26. The molecule has 2 aromatic heterocycles. The van der Waals surface area contributed by atoms with Gasteiger partial charge in [0.1, 0.15) is 5.75 Å². The third-order valence-electron chi connectivity index (χ3n) is 5.19. The van der Waals surface area contributed by atoms with Crippen LogP contribution in [0, 0.1) is 0 Å². The third-order valence-corrected chi connectivity index (χ3v) is 6.22. The molecule has 1 aliphatic rings. The van der Waals surface area contributed by atoms with Crippen LogP contribution in [0.1, 0.15) is 62.9 Å². The predicted octanol–water partition coefficient (Wildman–Crippen LogP) is 4.63. The fraction of sp³-hybridized carbons (Fsp3) is 0.524. The van der Waals surface area contributed by atoms with Gasteiger partial charge in [0.2, 0.25) is 11.8 Å². The second kappa shape index (κ2) is 9.07. The molecule has 0 unspecified atom stereocenters. The van der Waals surface area contributed by atoms with Crippen LogP contribution < -0.4 is 9.64 Å². The minimum Gasteiger partial charge on any atom is -0.495 e. The van der Waals surface area contributed by atoms with Crippen LogP contribution in [-0.4, -0.2) is 45.1 Å². The van der Waals surface area contributed by atoms with E-state index < -0.39 is 0 Å². The van der Waals surface area contributed by atoms with Gasteiger partial charge in [0.05, 0.1) is 18.0 Å². The van der Waals surface area contributed by atoms with Gasteiger partial charge in [-0.05, 0) is 38.3 Å². The molecular formula is C21H28N6O2S. The molecule has 8 nitrogen and oxygen atoms in total. The first-order valence-corrected chi connectivity index (χ1v) is 11.3. The van der Waals surface area contributed by atoms with Crippen molar-refractivity contribution in [3.05, 3.63) is 36.0 Å². The molecule has 0 saturated carbocycles. The first-order chi connectivity index (χ1) is 14.6. The molecule has 1 aromatic carbocycles. The maximum absolute atomic E-state index is 5.64. The highest BCUT2D eigenvalue weighted by atomic mass is 32.2. The van der Waals surface area contributed by atoms with Crippen LogP contribution in [0.25, 0.3) is 5.69 Å². The van der Waals surface area contributed by atoms with Crippen molar-refractivity contribution in [3.63, 3.8) is 0 Å². The number of anilines is 1. The number of thioether (sulfide) groups is 1. The summed E-state index contributed by atoms with van der Waals surface area (Å²) in [5, 5.41) is 13.9. The van der Waals surface area contributed by atoms with Gasteiger partial charge in [0, 0.05) is 19.0 Å². The van der Waals surface area contributed by atoms with Gasteiger partial charge in [0.15, 0.2) is 11.0 Å². The average Bonchev–Trinajstić information content (AvgIpc) is 3.42. The van der Waals surface area contributed by atoms with Gasteiger partial charge in [-0.2, -0.15) is 4.98 Å². The fourth-order valence-electron chi connectivity index (χ4n) is 3.52. The summed E-state index contributed by atoms with van der Waals surface area (Å²) >= 11 is 1.56. The standard InChI is InChI=1S/C21H28N6O2S/c1-14(2)18-22-19(29-25-18)15(3)30-21-24-23-20(26-12-8-5-9-13-26)27(21)16-10-6-7-11-17(16)28-4/h6-7,10-11,14-15H,5,8-9,12-13H2,1-4H3/t15-/m0/s1. The fourth-order valence-corrected chi connectivity index (χ4v) is 4.40. The van der Waals surface area contributed by atoms with Gasteiger partial charge >= 0.3 is 0 Å². The molecule has 1 fully saturated rings. The molecule has 160 valence electrons. The molecule has 4 rings (SSSR count). The Hall–Kier alpha value is -2.55. The van der Waals surface area contributed by atoms with Gasteiger partial charge in [-0.3, -0.25) is 4.57 Å². The maximum atomic E-state index is 5.64. The summed E-state index contributed by atoms with van der Waals surface area (Å²) in [6, 6.07) is 7.96. The topological polar surface area (TPSA) is 82.1 Å². The zero-order chi connectivity index (χ0) is 21.1. The van der Waals surface area contributed by atoms with Gasteiger partial charge in [-0.15, -0.1) is 10.2 Å². The lowest BCUT2D eigenvalue weighted by atomic mass is 10.1. The number of rotatable bonds is 7. The molecule has 1 aliphatic heterocycles. The minimum absolute atomic E-state index is 0.0585. The van der Waals surface area contributed by atoms with E-state index >= 15 is 0 Å². The number of hydrogen-bond donors (Lipinski definition) is 0.